The van der Waals surface area contributed by atoms with E-state index in [1.165, 1.54) is 0 Å². The molecular formula is C23H31N5O2. The molecule has 4 bridgehead atoms. The topological polar surface area (TPSA) is 113 Å². The van der Waals surface area contributed by atoms with Crippen LogP contribution in [0.3, 0.4) is 0 Å². The normalized spacial score (nSPS) is 32.4. The van der Waals surface area contributed by atoms with Gasteiger partial charge in [-0.05, 0) is 88.0 Å². The number of nitriles is 1. The number of amides is 1. The number of nitrogens with one attached hydrogen (secondary N) is 2. The summed E-state index contributed by atoms with van der Waals surface area (Å²) in [5.41, 5.74) is 5.85. The van der Waals surface area contributed by atoms with Gasteiger partial charge in [0.05, 0.1) is 12.6 Å². The maximum atomic E-state index is 12.2. The fourth-order valence-electron chi connectivity index (χ4n) is 6.22. The van der Waals surface area contributed by atoms with Crippen LogP contribution in [0.4, 0.5) is 5.69 Å². The summed E-state index contributed by atoms with van der Waals surface area (Å²) in [5.74, 6) is 2.67. The molecule has 0 heterocycles. The van der Waals surface area contributed by atoms with Gasteiger partial charge in [0.2, 0.25) is 12.1 Å². The molecule has 2 atom stereocenters. The average molecular weight is 410 g/mol. The van der Waals surface area contributed by atoms with Gasteiger partial charge >= 0.3 is 0 Å². The van der Waals surface area contributed by atoms with E-state index < -0.39 is 5.54 Å². The molecule has 0 aromatic heterocycles. The highest BCUT2D eigenvalue weighted by atomic mass is 16.5. The van der Waals surface area contributed by atoms with E-state index >= 15 is 0 Å². The van der Waals surface area contributed by atoms with Gasteiger partial charge in [0.1, 0.15) is 11.6 Å². The summed E-state index contributed by atoms with van der Waals surface area (Å²) in [5, 5.41) is 16.5. The van der Waals surface area contributed by atoms with Crippen LogP contribution in [-0.4, -0.2) is 30.4 Å². The first-order chi connectivity index (χ1) is 14.3. The third-order valence-electron chi connectivity index (χ3n) is 7.40. The number of primary amides is 1. The molecule has 7 heteroatoms. The summed E-state index contributed by atoms with van der Waals surface area (Å²) in [6, 6.07) is 7.91. The van der Waals surface area contributed by atoms with Crippen molar-refractivity contribution in [3.05, 3.63) is 24.3 Å². The predicted octanol–water partition coefficient (Wildman–Crippen LogP) is 3.04. The number of rotatable bonds is 6. The van der Waals surface area contributed by atoms with Gasteiger partial charge in [-0.1, -0.05) is 0 Å². The lowest BCUT2D eigenvalue weighted by Crippen LogP contribution is -2.64. The van der Waals surface area contributed by atoms with E-state index in [4.69, 9.17) is 10.5 Å². The molecule has 0 saturated heterocycles. The third-order valence-corrected chi connectivity index (χ3v) is 7.40. The van der Waals surface area contributed by atoms with Crippen molar-refractivity contribution in [1.29, 1.82) is 5.26 Å². The molecule has 4 saturated carbocycles. The van der Waals surface area contributed by atoms with Crippen LogP contribution < -0.4 is 21.1 Å². The van der Waals surface area contributed by atoms with E-state index in [2.05, 4.69) is 15.6 Å². The molecule has 4 aliphatic rings. The van der Waals surface area contributed by atoms with E-state index in [-0.39, 0.29) is 17.4 Å². The fraction of sp³-hybridized carbons (Fsp3) is 0.609. The van der Waals surface area contributed by atoms with Gasteiger partial charge in [-0.2, -0.15) is 10.3 Å². The van der Waals surface area contributed by atoms with Crippen LogP contribution in [-0.2, 0) is 4.79 Å². The van der Waals surface area contributed by atoms with E-state index in [1.807, 2.05) is 44.3 Å². The molecule has 1 aromatic rings. The first-order valence-electron chi connectivity index (χ1n) is 10.7. The first kappa shape index (κ1) is 20.5. The molecule has 4 aliphatic carbocycles. The van der Waals surface area contributed by atoms with E-state index in [9.17, 15) is 10.1 Å². The second-order valence-electron chi connectivity index (χ2n) is 9.82. The number of carbonyl (C=O) groups excluding carboxylic acids is 1. The van der Waals surface area contributed by atoms with Crippen LogP contribution in [0.2, 0.25) is 0 Å². The van der Waals surface area contributed by atoms with E-state index in [1.54, 1.807) is 7.11 Å². The van der Waals surface area contributed by atoms with Crippen LogP contribution in [0.5, 0.6) is 5.75 Å². The van der Waals surface area contributed by atoms with Crippen molar-refractivity contribution >= 4 is 17.4 Å². The van der Waals surface area contributed by atoms with Gasteiger partial charge in [0, 0.05) is 17.1 Å². The molecule has 0 spiro atoms. The molecule has 30 heavy (non-hydrogen) atoms. The van der Waals surface area contributed by atoms with Crippen molar-refractivity contribution in [3.8, 4) is 11.9 Å². The number of aliphatic imine (C=N–C) groups is 1. The lowest BCUT2D eigenvalue weighted by molar-refractivity contribution is -0.145. The Labute approximate surface area is 178 Å². The van der Waals surface area contributed by atoms with Crippen molar-refractivity contribution in [2.75, 3.05) is 12.4 Å². The van der Waals surface area contributed by atoms with Crippen molar-refractivity contribution in [2.24, 2.45) is 33.9 Å². The Morgan fingerprint density at radius 2 is 1.87 bits per heavy atom. The monoisotopic (exact) mass is 409 g/mol. The van der Waals surface area contributed by atoms with E-state index in [0.717, 1.165) is 43.5 Å². The molecule has 1 amide bonds. The van der Waals surface area contributed by atoms with Crippen LogP contribution >= 0.6 is 0 Å². The number of carbonyl (C=O) groups is 1. The van der Waals surface area contributed by atoms with Crippen LogP contribution in [0.15, 0.2) is 29.3 Å². The maximum absolute atomic E-state index is 12.2. The second-order valence-corrected chi connectivity index (χ2v) is 9.82. The van der Waals surface area contributed by atoms with E-state index in [0.29, 0.717) is 23.6 Å². The number of ether oxygens (including phenoxy) is 1. The molecule has 1 aromatic carbocycles. The molecule has 4 fully saturated rings. The third kappa shape index (κ3) is 3.60. The van der Waals surface area contributed by atoms with Crippen molar-refractivity contribution in [1.82, 2.24) is 5.32 Å². The minimum Gasteiger partial charge on any atom is -0.497 e. The first-order valence-corrected chi connectivity index (χ1v) is 10.7. The zero-order chi connectivity index (χ0) is 21.5. The average Bonchev–Trinajstić information content (AvgIpc) is 2.69. The molecule has 160 valence electrons. The van der Waals surface area contributed by atoms with Gasteiger partial charge < -0.3 is 21.1 Å². The highest BCUT2D eigenvalue weighted by molar-refractivity contribution is 5.94. The molecule has 4 N–H and O–H groups in total. The highest BCUT2D eigenvalue weighted by Crippen LogP contribution is 2.60. The molecule has 2 unspecified atom stereocenters. The smallest absolute Gasteiger partial charge is 0.223 e. The molecule has 5 rings (SSSR count). The Morgan fingerprint density at radius 1 is 1.23 bits per heavy atom. The standard InChI is InChI=1S/C23H31N5O2/c1-22(2,28-17-4-6-18(30-3)7-5-17)21(26-13-24)27-19-15-8-14-9-16(19)12-23(10-14,11-15)20(25)29/h4-7,14-16,19,28H,8-12H2,1-3H3,(H2,25,29)(H,26,27). The van der Waals surface area contributed by atoms with Crippen molar-refractivity contribution in [3.63, 3.8) is 0 Å². The lowest BCUT2D eigenvalue weighted by atomic mass is 9.47. The van der Waals surface area contributed by atoms with Gasteiger partial charge in [0.15, 0.2) is 0 Å². The van der Waals surface area contributed by atoms with Crippen molar-refractivity contribution in [2.45, 2.75) is 57.5 Å². The molecule has 0 aliphatic heterocycles. The Kier molecular flexibility index (Phi) is 5.13. The Morgan fingerprint density at radius 3 is 2.40 bits per heavy atom. The molecule has 0 radical (unpaired) electrons. The van der Waals surface area contributed by atoms with Crippen molar-refractivity contribution < 1.29 is 9.53 Å². The molecular weight excluding hydrogens is 378 g/mol. The Balaban J connectivity index is 1.52. The minimum absolute atomic E-state index is 0.132. The van der Waals surface area contributed by atoms with Gasteiger partial charge in [-0.25, -0.2) is 0 Å². The number of benzene rings is 1. The number of amidine groups is 1. The largest absolute Gasteiger partial charge is 0.497 e. The Hall–Kier alpha value is -2.75. The highest BCUT2D eigenvalue weighted by Gasteiger charge is 2.58. The lowest BCUT2D eigenvalue weighted by Gasteiger charge is -2.59. The quantitative estimate of drug-likeness (QED) is 0.380. The Bertz CT molecular complexity index is 870. The minimum atomic E-state index is -0.569. The summed E-state index contributed by atoms with van der Waals surface area (Å²) in [7, 11) is 1.64. The zero-order valence-electron chi connectivity index (χ0n) is 17.9. The second kappa shape index (κ2) is 7.50. The summed E-state index contributed by atoms with van der Waals surface area (Å²) >= 11 is 0. The summed E-state index contributed by atoms with van der Waals surface area (Å²) < 4.78 is 5.23. The summed E-state index contributed by atoms with van der Waals surface area (Å²) in [4.78, 5) is 16.4. The van der Waals surface area contributed by atoms with Crippen LogP contribution in [0, 0.1) is 34.6 Å². The van der Waals surface area contributed by atoms with Gasteiger partial charge in [0.25, 0.3) is 0 Å². The number of hydrogen-bond acceptors (Lipinski definition) is 5. The number of nitrogens with two attached hydrogens (primary N) is 1. The fourth-order valence-corrected chi connectivity index (χ4v) is 6.22. The maximum Gasteiger partial charge on any atom is 0.223 e. The summed E-state index contributed by atoms with van der Waals surface area (Å²) in [6.45, 7) is 4.03. The summed E-state index contributed by atoms with van der Waals surface area (Å²) in [6.07, 6.45) is 6.85. The van der Waals surface area contributed by atoms with Crippen LogP contribution in [0.25, 0.3) is 0 Å². The zero-order valence-corrected chi connectivity index (χ0v) is 17.9. The van der Waals surface area contributed by atoms with Crippen LogP contribution in [0.1, 0.15) is 46.0 Å². The number of hydrogen-bond donors (Lipinski definition) is 3. The van der Waals surface area contributed by atoms with Gasteiger partial charge in [-0.15, -0.1) is 0 Å². The predicted molar refractivity (Wildman–Crippen MR) is 116 cm³/mol. The van der Waals surface area contributed by atoms with Gasteiger partial charge in [-0.3, -0.25) is 4.79 Å². The number of methoxy groups -OCH3 is 1. The SMILES string of the molecule is COc1ccc(NC(C)(C)/C(=N\C#N)NC2C3CC4CC2CC(C(N)=O)(C4)C3)cc1. The molecule has 7 nitrogen and oxygen atoms in total. The number of nitrogens with zero attached hydrogens (tertiary/aromatic N) is 2. The number of anilines is 1.